The standard InChI is InChI=1S/C15H20N4O2.ClH/c1-12-5-3-4-6-13(12)19-14(7-8-17-19)18-15(20)11-16-9-10-21-2;/h3-8,16H,9-11H2,1-2H3,(H,18,20);1H. The van der Waals surface area contributed by atoms with Gasteiger partial charge in [-0.1, -0.05) is 18.2 Å². The van der Waals surface area contributed by atoms with E-state index in [9.17, 15) is 4.79 Å². The second-order valence-corrected chi connectivity index (χ2v) is 4.63. The molecule has 22 heavy (non-hydrogen) atoms. The number of carbonyl (C=O) groups is 1. The SMILES string of the molecule is COCCNCC(=O)Nc1ccnn1-c1ccccc1C.Cl. The van der Waals surface area contributed by atoms with E-state index in [-0.39, 0.29) is 24.9 Å². The van der Waals surface area contributed by atoms with Crippen molar-refractivity contribution in [3.05, 3.63) is 42.1 Å². The third kappa shape index (κ3) is 4.84. The molecule has 2 rings (SSSR count). The fraction of sp³-hybridized carbons (Fsp3) is 0.333. The molecule has 2 aromatic rings. The smallest absolute Gasteiger partial charge is 0.239 e. The zero-order valence-electron chi connectivity index (χ0n) is 12.7. The van der Waals surface area contributed by atoms with Crippen LogP contribution in [0.15, 0.2) is 36.5 Å². The van der Waals surface area contributed by atoms with Crippen molar-refractivity contribution in [2.45, 2.75) is 6.92 Å². The van der Waals surface area contributed by atoms with Crippen LogP contribution in [0.3, 0.4) is 0 Å². The maximum atomic E-state index is 11.9. The van der Waals surface area contributed by atoms with E-state index in [2.05, 4.69) is 15.7 Å². The maximum Gasteiger partial charge on any atom is 0.239 e. The molecule has 0 bridgehead atoms. The van der Waals surface area contributed by atoms with E-state index in [0.717, 1.165) is 11.3 Å². The molecule has 0 radical (unpaired) electrons. The van der Waals surface area contributed by atoms with Gasteiger partial charge in [-0.05, 0) is 18.6 Å². The number of aryl methyl sites for hydroxylation is 1. The third-order valence-corrected chi connectivity index (χ3v) is 3.02. The molecule has 0 spiro atoms. The van der Waals surface area contributed by atoms with E-state index in [4.69, 9.17) is 4.74 Å². The molecule has 1 amide bonds. The number of rotatable bonds is 7. The Morgan fingerprint density at radius 3 is 2.82 bits per heavy atom. The molecule has 0 unspecified atom stereocenters. The van der Waals surface area contributed by atoms with Crippen LogP contribution in [0, 0.1) is 6.92 Å². The number of benzene rings is 1. The molecule has 2 N–H and O–H groups in total. The van der Waals surface area contributed by atoms with Gasteiger partial charge in [-0.15, -0.1) is 12.4 Å². The normalized spacial score (nSPS) is 10.1. The monoisotopic (exact) mass is 324 g/mol. The Morgan fingerprint density at radius 2 is 2.09 bits per heavy atom. The summed E-state index contributed by atoms with van der Waals surface area (Å²) in [6.07, 6.45) is 1.67. The van der Waals surface area contributed by atoms with Gasteiger partial charge < -0.3 is 15.4 Å². The van der Waals surface area contributed by atoms with Crippen LogP contribution in [0.25, 0.3) is 5.69 Å². The van der Waals surface area contributed by atoms with E-state index < -0.39 is 0 Å². The Kier molecular flexibility index (Phi) is 7.59. The summed E-state index contributed by atoms with van der Waals surface area (Å²) in [4.78, 5) is 11.9. The molecule has 0 fully saturated rings. The van der Waals surface area contributed by atoms with Crippen LogP contribution in [0.2, 0.25) is 0 Å². The molecule has 0 saturated carbocycles. The Balaban J connectivity index is 0.00000242. The zero-order valence-corrected chi connectivity index (χ0v) is 13.5. The van der Waals surface area contributed by atoms with E-state index in [1.165, 1.54) is 0 Å². The summed E-state index contributed by atoms with van der Waals surface area (Å²) in [6.45, 7) is 3.46. The number of halogens is 1. The molecular formula is C15H21ClN4O2. The van der Waals surface area contributed by atoms with Gasteiger partial charge in [0, 0.05) is 19.7 Å². The van der Waals surface area contributed by atoms with Gasteiger partial charge in [-0.2, -0.15) is 5.10 Å². The van der Waals surface area contributed by atoms with E-state index in [1.807, 2.05) is 31.2 Å². The van der Waals surface area contributed by atoms with E-state index in [1.54, 1.807) is 24.1 Å². The average molecular weight is 325 g/mol. The van der Waals surface area contributed by atoms with Crippen molar-refractivity contribution in [2.75, 3.05) is 32.1 Å². The molecule has 1 aromatic carbocycles. The lowest BCUT2D eigenvalue weighted by atomic mass is 10.2. The number of para-hydroxylation sites is 1. The quantitative estimate of drug-likeness (QED) is 0.762. The Morgan fingerprint density at radius 1 is 1.32 bits per heavy atom. The number of amides is 1. The average Bonchev–Trinajstić information content (AvgIpc) is 2.92. The van der Waals surface area contributed by atoms with Crippen molar-refractivity contribution in [1.82, 2.24) is 15.1 Å². The van der Waals surface area contributed by atoms with Gasteiger partial charge in [0.2, 0.25) is 5.91 Å². The van der Waals surface area contributed by atoms with Gasteiger partial charge in [-0.3, -0.25) is 4.79 Å². The third-order valence-electron chi connectivity index (χ3n) is 3.02. The highest BCUT2D eigenvalue weighted by Gasteiger charge is 2.09. The van der Waals surface area contributed by atoms with Gasteiger partial charge in [0.1, 0.15) is 5.82 Å². The first-order valence-corrected chi connectivity index (χ1v) is 6.82. The number of hydrogen-bond acceptors (Lipinski definition) is 4. The highest BCUT2D eigenvalue weighted by Crippen LogP contribution is 2.17. The van der Waals surface area contributed by atoms with Gasteiger partial charge >= 0.3 is 0 Å². The van der Waals surface area contributed by atoms with Crippen molar-refractivity contribution in [3.63, 3.8) is 0 Å². The number of hydrogen-bond donors (Lipinski definition) is 2. The predicted octanol–water partition coefficient (Wildman–Crippen LogP) is 1.78. The molecule has 0 saturated heterocycles. The van der Waals surface area contributed by atoms with Crippen LogP contribution in [-0.4, -0.2) is 42.5 Å². The van der Waals surface area contributed by atoms with Crippen LogP contribution >= 0.6 is 12.4 Å². The van der Waals surface area contributed by atoms with Gasteiger partial charge in [-0.25, -0.2) is 4.68 Å². The number of carbonyl (C=O) groups excluding carboxylic acids is 1. The lowest BCUT2D eigenvalue weighted by Crippen LogP contribution is -2.30. The minimum atomic E-state index is -0.110. The predicted molar refractivity (Wildman–Crippen MR) is 88.9 cm³/mol. The van der Waals surface area contributed by atoms with Crippen molar-refractivity contribution in [2.24, 2.45) is 0 Å². The minimum absolute atomic E-state index is 0. The molecule has 7 heteroatoms. The molecule has 0 aliphatic carbocycles. The highest BCUT2D eigenvalue weighted by atomic mass is 35.5. The largest absolute Gasteiger partial charge is 0.383 e. The first-order chi connectivity index (χ1) is 10.2. The first-order valence-electron chi connectivity index (χ1n) is 6.82. The molecule has 0 aliphatic heterocycles. The summed E-state index contributed by atoms with van der Waals surface area (Å²) in [7, 11) is 1.63. The van der Waals surface area contributed by atoms with Crippen LogP contribution in [0.1, 0.15) is 5.56 Å². The van der Waals surface area contributed by atoms with Gasteiger partial charge in [0.05, 0.1) is 25.0 Å². The summed E-state index contributed by atoms with van der Waals surface area (Å²) >= 11 is 0. The molecule has 0 aliphatic rings. The number of anilines is 1. The van der Waals surface area contributed by atoms with Crippen molar-refractivity contribution in [1.29, 1.82) is 0 Å². The first kappa shape index (κ1) is 18.2. The summed E-state index contributed by atoms with van der Waals surface area (Å²) in [5, 5.41) is 10.1. The van der Waals surface area contributed by atoms with Crippen LogP contribution in [0.4, 0.5) is 5.82 Å². The molecule has 120 valence electrons. The van der Waals surface area contributed by atoms with Gasteiger partial charge in [0.25, 0.3) is 0 Å². The number of nitrogens with zero attached hydrogens (tertiary/aromatic N) is 2. The van der Waals surface area contributed by atoms with Gasteiger partial charge in [0.15, 0.2) is 0 Å². The molecule has 1 heterocycles. The highest BCUT2D eigenvalue weighted by molar-refractivity contribution is 5.91. The van der Waals surface area contributed by atoms with Crippen molar-refractivity contribution >= 4 is 24.1 Å². The van der Waals surface area contributed by atoms with E-state index >= 15 is 0 Å². The molecule has 6 nitrogen and oxygen atoms in total. The Labute approximate surface area is 136 Å². The molecule has 1 aromatic heterocycles. The van der Waals surface area contributed by atoms with Crippen LogP contribution < -0.4 is 10.6 Å². The topological polar surface area (TPSA) is 68.2 Å². The Bertz CT molecular complexity index is 601. The minimum Gasteiger partial charge on any atom is -0.383 e. The number of nitrogens with one attached hydrogen (secondary N) is 2. The van der Waals surface area contributed by atoms with Crippen LogP contribution in [-0.2, 0) is 9.53 Å². The zero-order chi connectivity index (χ0) is 15.1. The van der Waals surface area contributed by atoms with Crippen LogP contribution in [0.5, 0.6) is 0 Å². The summed E-state index contributed by atoms with van der Waals surface area (Å²) in [5.74, 6) is 0.546. The lowest BCUT2D eigenvalue weighted by Gasteiger charge is -2.11. The lowest BCUT2D eigenvalue weighted by molar-refractivity contribution is -0.115. The second-order valence-electron chi connectivity index (χ2n) is 4.63. The fourth-order valence-electron chi connectivity index (χ4n) is 1.95. The van der Waals surface area contributed by atoms with E-state index in [0.29, 0.717) is 19.0 Å². The van der Waals surface area contributed by atoms with Crippen molar-refractivity contribution < 1.29 is 9.53 Å². The molecular weight excluding hydrogens is 304 g/mol. The second kappa shape index (κ2) is 9.19. The van der Waals surface area contributed by atoms with Crippen molar-refractivity contribution in [3.8, 4) is 5.69 Å². The number of methoxy groups -OCH3 is 1. The summed E-state index contributed by atoms with van der Waals surface area (Å²) in [6, 6.07) is 9.67. The number of ether oxygens (including phenoxy) is 1. The number of aromatic nitrogens is 2. The maximum absolute atomic E-state index is 11.9. The fourth-order valence-corrected chi connectivity index (χ4v) is 1.95. The summed E-state index contributed by atoms with van der Waals surface area (Å²) in [5.41, 5.74) is 2.04. The molecule has 0 atom stereocenters. The Hall–Kier alpha value is -1.89. The summed E-state index contributed by atoms with van der Waals surface area (Å²) < 4.78 is 6.64.